The van der Waals surface area contributed by atoms with Gasteiger partial charge in [-0.05, 0) is 28.5 Å². The van der Waals surface area contributed by atoms with Crippen molar-refractivity contribution in [2.45, 2.75) is 6.54 Å². The summed E-state index contributed by atoms with van der Waals surface area (Å²) in [6, 6.07) is 3.95. The number of aromatic nitrogens is 2. The average Bonchev–Trinajstić information content (AvgIpc) is 2.79. The van der Waals surface area contributed by atoms with E-state index in [1.807, 2.05) is 6.07 Å². The van der Waals surface area contributed by atoms with E-state index in [2.05, 4.69) is 37.4 Å². The van der Waals surface area contributed by atoms with Crippen LogP contribution in [0.1, 0.15) is 5.56 Å². The minimum atomic E-state index is 0.630. The first-order chi connectivity index (χ1) is 7.38. The molecule has 2 aromatic heterocycles. The van der Waals surface area contributed by atoms with E-state index in [9.17, 15) is 0 Å². The average molecular weight is 220 g/mol. The normalized spacial score (nSPS) is 9.93. The smallest absolute Gasteiger partial charge is 0.224 e. The van der Waals surface area contributed by atoms with Crippen LogP contribution >= 0.6 is 11.3 Å². The molecule has 0 saturated heterocycles. The molecule has 0 saturated carbocycles. The molecular formula is C10H12N4S. The first-order valence-corrected chi connectivity index (χ1v) is 5.58. The van der Waals surface area contributed by atoms with Crippen LogP contribution in [0.3, 0.4) is 0 Å². The summed E-state index contributed by atoms with van der Waals surface area (Å²) >= 11 is 1.70. The lowest BCUT2D eigenvalue weighted by atomic mass is 10.3. The van der Waals surface area contributed by atoms with E-state index >= 15 is 0 Å². The maximum absolute atomic E-state index is 4.26. The van der Waals surface area contributed by atoms with Gasteiger partial charge in [-0.1, -0.05) is 0 Å². The molecule has 0 aliphatic heterocycles. The zero-order valence-electron chi connectivity index (χ0n) is 8.40. The highest BCUT2D eigenvalue weighted by atomic mass is 32.1. The molecule has 0 fully saturated rings. The molecular weight excluding hydrogens is 208 g/mol. The maximum Gasteiger partial charge on any atom is 0.224 e. The molecule has 2 N–H and O–H groups in total. The van der Waals surface area contributed by atoms with Crippen molar-refractivity contribution in [2.24, 2.45) is 0 Å². The number of rotatable bonds is 4. The van der Waals surface area contributed by atoms with Crippen molar-refractivity contribution in [3.8, 4) is 0 Å². The van der Waals surface area contributed by atoms with Gasteiger partial charge in [-0.25, -0.2) is 4.98 Å². The third kappa shape index (κ3) is 2.66. The van der Waals surface area contributed by atoms with E-state index in [0.717, 1.165) is 12.4 Å². The van der Waals surface area contributed by atoms with Gasteiger partial charge in [-0.2, -0.15) is 16.3 Å². The van der Waals surface area contributed by atoms with Gasteiger partial charge in [0.1, 0.15) is 5.82 Å². The molecule has 0 spiro atoms. The Morgan fingerprint density at radius 1 is 1.40 bits per heavy atom. The van der Waals surface area contributed by atoms with Crippen LogP contribution in [0.25, 0.3) is 0 Å². The Hall–Kier alpha value is -1.62. The number of hydrogen-bond donors (Lipinski definition) is 2. The van der Waals surface area contributed by atoms with Crippen LogP contribution in [-0.4, -0.2) is 17.0 Å². The third-order valence-electron chi connectivity index (χ3n) is 1.93. The second-order valence-corrected chi connectivity index (χ2v) is 3.78. The van der Waals surface area contributed by atoms with Gasteiger partial charge in [-0.15, -0.1) is 0 Å². The predicted octanol–water partition coefficient (Wildman–Crippen LogP) is 2.19. The van der Waals surface area contributed by atoms with Gasteiger partial charge in [0.05, 0.1) is 0 Å². The highest BCUT2D eigenvalue weighted by Gasteiger charge is 1.97. The molecule has 0 unspecified atom stereocenters. The molecule has 0 aromatic carbocycles. The van der Waals surface area contributed by atoms with Gasteiger partial charge in [0, 0.05) is 19.8 Å². The predicted molar refractivity (Wildman–Crippen MR) is 63.2 cm³/mol. The Morgan fingerprint density at radius 2 is 2.33 bits per heavy atom. The Balaban J connectivity index is 1.98. The second kappa shape index (κ2) is 4.75. The largest absolute Gasteiger partial charge is 0.366 e. The molecule has 0 radical (unpaired) electrons. The van der Waals surface area contributed by atoms with E-state index in [-0.39, 0.29) is 0 Å². The first kappa shape index (κ1) is 9.92. The van der Waals surface area contributed by atoms with Crippen molar-refractivity contribution in [3.05, 3.63) is 34.7 Å². The van der Waals surface area contributed by atoms with Gasteiger partial charge in [0.15, 0.2) is 0 Å². The molecule has 0 aliphatic rings. The molecule has 5 heteroatoms. The number of anilines is 2. The maximum atomic E-state index is 4.26. The van der Waals surface area contributed by atoms with Gasteiger partial charge in [-0.3, -0.25) is 0 Å². The van der Waals surface area contributed by atoms with E-state index in [0.29, 0.717) is 5.95 Å². The zero-order chi connectivity index (χ0) is 10.5. The van der Waals surface area contributed by atoms with E-state index < -0.39 is 0 Å². The monoisotopic (exact) mass is 220 g/mol. The summed E-state index contributed by atoms with van der Waals surface area (Å²) in [6.07, 6.45) is 1.73. The fraction of sp³-hybridized carbons (Fsp3) is 0.200. The quantitative estimate of drug-likeness (QED) is 0.829. The highest BCUT2D eigenvalue weighted by Crippen LogP contribution is 2.10. The van der Waals surface area contributed by atoms with Crippen molar-refractivity contribution in [1.29, 1.82) is 0 Å². The molecule has 2 aromatic rings. The molecule has 78 valence electrons. The molecule has 0 bridgehead atoms. The van der Waals surface area contributed by atoms with Crippen molar-refractivity contribution < 1.29 is 0 Å². The number of thiophene rings is 1. The summed E-state index contributed by atoms with van der Waals surface area (Å²) in [5.41, 5.74) is 1.27. The van der Waals surface area contributed by atoms with Gasteiger partial charge < -0.3 is 10.6 Å². The number of nitrogens with zero attached hydrogens (tertiary/aromatic N) is 2. The van der Waals surface area contributed by atoms with Crippen molar-refractivity contribution >= 4 is 23.1 Å². The molecule has 15 heavy (non-hydrogen) atoms. The summed E-state index contributed by atoms with van der Waals surface area (Å²) < 4.78 is 0. The van der Waals surface area contributed by atoms with Crippen LogP contribution in [0.4, 0.5) is 11.8 Å². The minimum absolute atomic E-state index is 0.630. The minimum Gasteiger partial charge on any atom is -0.366 e. The van der Waals surface area contributed by atoms with Crippen LogP contribution < -0.4 is 10.6 Å². The Labute approximate surface area is 92.4 Å². The standard InChI is InChI=1S/C10H12N4S/c1-11-10-12-4-2-9(14-10)13-6-8-3-5-15-7-8/h2-5,7H,6H2,1H3,(H2,11,12,13,14). The molecule has 4 nitrogen and oxygen atoms in total. The third-order valence-corrected chi connectivity index (χ3v) is 2.66. The van der Waals surface area contributed by atoms with Crippen LogP contribution in [0, 0.1) is 0 Å². The van der Waals surface area contributed by atoms with Gasteiger partial charge in [0.25, 0.3) is 0 Å². The lowest BCUT2D eigenvalue weighted by molar-refractivity contribution is 1.08. The van der Waals surface area contributed by atoms with Crippen LogP contribution in [-0.2, 0) is 6.54 Å². The highest BCUT2D eigenvalue weighted by molar-refractivity contribution is 7.07. The first-order valence-electron chi connectivity index (χ1n) is 4.64. The molecule has 2 rings (SSSR count). The topological polar surface area (TPSA) is 49.8 Å². The SMILES string of the molecule is CNc1nccc(NCc2ccsc2)n1. The fourth-order valence-corrected chi connectivity index (χ4v) is 1.83. The molecule has 0 aliphatic carbocycles. The number of nitrogens with one attached hydrogen (secondary N) is 2. The summed E-state index contributed by atoms with van der Waals surface area (Å²) in [5.74, 6) is 1.46. The fourth-order valence-electron chi connectivity index (χ4n) is 1.16. The van der Waals surface area contributed by atoms with Crippen LogP contribution in [0.15, 0.2) is 29.1 Å². The van der Waals surface area contributed by atoms with Crippen LogP contribution in [0.2, 0.25) is 0 Å². The Kier molecular flexibility index (Phi) is 3.14. The molecule has 0 amide bonds. The Morgan fingerprint density at radius 3 is 3.07 bits per heavy atom. The number of hydrogen-bond acceptors (Lipinski definition) is 5. The Bertz CT molecular complexity index is 413. The van der Waals surface area contributed by atoms with Crippen molar-refractivity contribution in [2.75, 3.05) is 17.7 Å². The van der Waals surface area contributed by atoms with E-state index in [1.54, 1.807) is 24.6 Å². The van der Waals surface area contributed by atoms with Crippen molar-refractivity contribution in [1.82, 2.24) is 9.97 Å². The zero-order valence-corrected chi connectivity index (χ0v) is 9.21. The summed E-state index contributed by atoms with van der Waals surface area (Å²) in [6.45, 7) is 0.795. The lowest BCUT2D eigenvalue weighted by Gasteiger charge is -2.05. The molecule has 2 heterocycles. The van der Waals surface area contributed by atoms with Gasteiger partial charge in [0.2, 0.25) is 5.95 Å². The second-order valence-electron chi connectivity index (χ2n) is 3.00. The van der Waals surface area contributed by atoms with E-state index in [4.69, 9.17) is 0 Å². The van der Waals surface area contributed by atoms with Crippen LogP contribution in [0.5, 0.6) is 0 Å². The van der Waals surface area contributed by atoms with E-state index in [1.165, 1.54) is 5.56 Å². The molecule has 0 atom stereocenters. The lowest BCUT2D eigenvalue weighted by Crippen LogP contribution is -2.03. The van der Waals surface area contributed by atoms with Crippen molar-refractivity contribution in [3.63, 3.8) is 0 Å². The van der Waals surface area contributed by atoms with Gasteiger partial charge >= 0.3 is 0 Å². The summed E-state index contributed by atoms with van der Waals surface area (Å²) in [4.78, 5) is 8.30. The summed E-state index contributed by atoms with van der Waals surface area (Å²) in [5, 5.41) is 10.3. The summed E-state index contributed by atoms with van der Waals surface area (Å²) in [7, 11) is 1.80.